The molecule has 0 aromatic rings. The molecule has 1 heterocycles. The summed E-state index contributed by atoms with van der Waals surface area (Å²) >= 11 is 0. The van der Waals surface area contributed by atoms with E-state index in [0.29, 0.717) is 19.3 Å². The molecule has 11 nitrogen and oxygen atoms in total. The SMILES string of the molecule is CCCCCCCCCCCCCCCCCCCCC(O)C(=O)NC(COC1OC(CO)C(O)C(O)C1O)C(O)C(O)CCCCCCCCCCCC(C)CC. The van der Waals surface area contributed by atoms with Crippen LogP contribution in [0.4, 0.5) is 0 Å². The summed E-state index contributed by atoms with van der Waals surface area (Å²) in [4.78, 5) is 13.1. The van der Waals surface area contributed by atoms with E-state index in [1.54, 1.807) is 0 Å². The maximum atomic E-state index is 13.1. The molecular formula is C47H93NO10. The average molecular weight is 832 g/mol. The second-order valence-electron chi connectivity index (χ2n) is 17.8. The number of carbonyl (C=O) groups excluding carboxylic acids is 1. The molecule has 1 amide bonds. The van der Waals surface area contributed by atoms with E-state index in [1.165, 1.54) is 135 Å². The van der Waals surface area contributed by atoms with Gasteiger partial charge in [-0.2, -0.15) is 0 Å². The molecule has 8 N–H and O–H groups in total. The zero-order valence-electron chi connectivity index (χ0n) is 37.5. The van der Waals surface area contributed by atoms with Crippen LogP contribution in [0.3, 0.4) is 0 Å². The number of amides is 1. The lowest BCUT2D eigenvalue weighted by Crippen LogP contribution is -2.60. The van der Waals surface area contributed by atoms with E-state index in [0.717, 1.165) is 44.4 Å². The fourth-order valence-electron chi connectivity index (χ4n) is 8.01. The smallest absolute Gasteiger partial charge is 0.249 e. The van der Waals surface area contributed by atoms with Gasteiger partial charge in [0.1, 0.15) is 36.6 Å². The van der Waals surface area contributed by atoms with E-state index in [9.17, 15) is 40.5 Å². The summed E-state index contributed by atoms with van der Waals surface area (Å²) in [5.74, 6) is 0.121. The summed E-state index contributed by atoms with van der Waals surface area (Å²) in [6.07, 6.45) is 24.3. The molecule has 10 atom stereocenters. The number of aliphatic hydroxyl groups is 7. The first kappa shape index (κ1) is 55.1. The van der Waals surface area contributed by atoms with Crippen molar-refractivity contribution in [2.45, 2.75) is 275 Å². The van der Waals surface area contributed by atoms with Crippen LogP contribution < -0.4 is 5.32 Å². The van der Waals surface area contributed by atoms with E-state index in [4.69, 9.17) is 9.47 Å². The minimum atomic E-state index is -1.66. The second kappa shape index (κ2) is 36.7. The summed E-state index contributed by atoms with van der Waals surface area (Å²) in [6.45, 7) is 5.78. The molecule has 1 fully saturated rings. The summed E-state index contributed by atoms with van der Waals surface area (Å²) < 4.78 is 11.1. The maximum Gasteiger partial charge on any atom is 0.249 e. The number of carbonyl (C=O) groups is 1. The minimum absolute atomic E-state index is 0.265. The summed E-state index contributed by atoms with van der Waals surface area (Å²) in [5.41, 5.74) is 0. The molecule has 1 aliphatic rings. The third-order valence-corrected chi connectivity index (χ3v) is 12.5. The Bertz CT molecular complexity index is 928. The number of hydrogen-bond donors (Lipinski definition) is 8. The Balaban J connectivity index is 2.41. The van der Waals surface area contributed by atoms with Crippen LogP contribution in [0.25, 0.3) is 0 Å². The van der Waals surface area contributed by atoms with Crippen molar-refractivity contribution in [3.63, 3.8) is 0 Å². The zero-order chi connectivity index (χ0) is 42.8. The van der Waals surface area contributed by atoms with Crippen molar-refractivity contribution in [2.75, 3.05) is 13.2 Å². The van der Waals surface area contributed by atoms with Crippen LogP contribution in [0.15, 0.2) is 0 Å². The fourth-order valence-corrected chi connectivity index (χ4v) is 8.01. The highest BCUT2D eigenvalue weighted by molar-refractivity contribution is 5.80. The lowest BCUT2D eigenvalue weighted by atomic mass is 9.98. The van der Waals surface area contributed by atoms with E-state index < -0.39 is 74.2 Å². The molecule has 58 heavy (non-hydrogen) atoms. The van der Waals surface area contributed by atoms with Gasteiger partial charge >= 0.3 is 0 Å². The minimum Gasteiger partial charge on any atom is -0.394 e. The van der Waals surface area contributed by atoms with Gasteiger partial charge in [0, 0.05) is 0 Å². The largest absolute Gasteiger partial charge is 0.394 e. The molecule has 1 saturated heterocycles. The van der Waals surface area contributed by atoms with Gasteiger partial charge in [-0.05, 0) is 18.8 Å². The van der Waals surface area contributed by atoms with Crippen molar-refractivity contribution >= 4 is 5.91 Å². The molecule has 0 radical (unpaired) electrons. The first-order valence-electron chi connectivity index (χ1n) is 24.3. The first-order valence-corrected chi connectivity index (χ1v) is 24.3. The molecule has 11 heteroatoms. The van der Waals surface area contributed by atoms with Crippen molar-refractivity contribution < 1.29 is 50.0 Å². The van der Waals surface area contributed by atoms with Gasteiger partial charge in [-0.25, -0.2) is 0 Å². The van der Waals surface area contributed by atoms with Crippen LogP contribution in [0.5, 0.6) is 0 Å². The van der Waals surface area contributed by atoms with Gasteiger partial charge in [-0.15, -0.1) is 0 Å². The van der Waals surface area contributed by atoms with Gasteiger partial charge in [0.05, 0.1) is 25.4 Å². The first-order chi connectivity index (χ1) is 28.1. The molecule has 0 spiro atoms. The third-order valence-electron chi connectivity index (χ3n) is 12.5. The predicted octanol–water partition coefficient (Wildman–Crippen LogP) is 8.14. The maximum absolute atomic E-state index is 13.1. The highest BCUT2D eigenvalue weighted by atomic mass is 16.7. The van der Waals surface area contributed by atoms with Gasteiger partial charge in [-0.3, -0.25) is 4.79 Å². The van der Waals surface area contributed by atoms with E-state index in [1.807, 2.05) is 0 Å². The lowest BCUT2D eigenvalue weighted by Gasteiger charge is -2.40. The van der Waals surface area contributed by atoms with Crippen LogP contribution in [0.1, 0.15) is 220 Å². The molecule has 0 aliphatic carbocycles. The van der Waals surface area contributed by atoms with Crippen molar-refractivity contribution in [3.8, 4) is 0 Å². The Kier molecular flexibility index (Phi) is 34.9. The number of hydrogen-bond acceptors (Lipinski definition) is 10. The van der Waals surface area contributed by atoms with Gasteiger partial charge in [0.25, 0.3) is 0 Å². The van der Waals surface area contributed by atoms with Gasteiger partial charge < -0.3 is 50.5 Å². The summed E-state index contributed by atoms with van der Waals surface area (Å²) in [6, 6.07) is -1.16. The highest BCUT2D eigenvalue weighted by Crippen LogP contribution is 2.23. The van der Waals surface area contributed by atoms with Gasteiger partial charge in [0.15, 0.2) is 6.29 Å². The Morgan fingerprint density at radius 1 is 0.586 bits per heavy atom. The normalized spacial score (nSPS) is 22.4. The van der Waals surface area contributed by atoms with Crippen molar-refractivity contribution in [3.05, 3.63) is 0 Å². The average Bonchev–Trinajstić information content (AvgIpc) is 3.22. The highest BCUT2D eigenvalue weighted by Gasteiger charge is 2.44. The van der Waals surface area contributed by atoms with Gasteiger partial charge in [0.2, 0.25) is 5.91 Å². The van der Waals surface area contributed by atoms with Crippen molar-refractivity contribution in [1.29, 1.82) is 0 Å². The van der Waals surface area contributed by atoms with Crippen molar-refractivity contribution in [1.82, 2.24) is 5.32 Å². The Morgan fingerprint density at radius 3 is 1.43 bits per heavy atom. The number of unbranched alkanes of at least 4 members (excludes halogenated alkanes) is 25. The topological polar surface area (TPSA) is 189 Å². The molecule has 0 aromatic heterocycles. The lowest BCUT2D eigenvalue weighted by molar-refractivity contribution is -0.303. The number of nitrogens with one attached hydrogen (secondary N) is 1. The monoisotopic (exact) mass is 832 g/mol. The quantitative estimate of drug-likeness (QED) is 0.0280. The van der Waals surface area contributed by atoms with E-state index in [2.05, 4.69) is 26.1 Å². The Morgan fingerprint density at radius 2 is 1.00 bits per heavy atom. The van der Waals surface area contributed by atoms with Gasteiger partial charge in [-0.1, -0.05) is 207 Å². The van der Waals surface area contributed by atoms with E-state index >= 15 is 0 Å². The molecule has 346 valence electrons. The standard InChI is InChI=1S/C47H93NO10/c1-4-6-7-8-9-10-11-12-13-14-15-16-17-18-21-25-28-31-34-40(51)46(56)48-38(36-57-47-45(55)44(54)43(53)41(35-49)58-47)42(52)39(50)33-30-27-24-22-19-20-23-26-29-32-37(3)5-2/h37-45,47,49-55H,4-36H2,1-3H3,(H,48,56). The van der Waals surface area contributed by atoms with Crippen LogP contribution in [0, 0.1) is 5.92 Å². The molecule has 10 unspecified atom stereocenters. The zero-order valence-corrected chi connectivity index (χ0v) is 37.5. The second-order valence-corrected chi connectivity index (χ2v) is 17.8. The van der Waals surface area contributed by atoms with Crippen LogP contribution >= 0.6 is 0 Å². The number of ether oxygens (including phenoxy) is 2. The van der Waals surface area contributed by atoms with Crippen molar-refractivity contribution in [2.24, 2.45) is 5.92 Å². The Hall–Kier alpha value is -0.890. The van der Waals surface area contributed by atoms with Crippen LogP contribution in [0.2, 0.25) is 0 Å². The molecule has 0 bridgehead atoms. The van der Waals surface area contributed by atoms with E-state index in [-0.39, 0.29) is 6.42 Å². The fraction of sp³-hybridized carbons (Fsp3) is 0.979. The molecule has 1 rings (SSSR count). The molecule has 0 saturated carbocycles. The summed E-state index contributed by atoms with van der Waals surface area (Å²) in [7, 11) is 0. The van der Waals surface area contributed by atoms with Crippen LogP contribution in [-0.2, 0) is 14.3 Å². The third kappa shape index (κ3) is 26.4. The molecule has 0 aromatic carbocycles. The summed E-state index contributed by atoms with van der Waals surface area (Å²) in [5, 5.41) is 75.7. The van der Waals surface area contributed by atoms with Crippen LogP contribution in [-0.4, -0.2) is 110 Å². The molecular weight excluding hydrogens is 739 g/mol. The molecule has 1 aliphatic heterocycles. The number of rotatable bonds is 40. The number of aliphatic hydroxyl groups excluding tert-OH is 7. The predicted molar refractivity (Wildman–Crippen MR) is 233 cm³/mol. The Labute approximate surface area is 354 Å².